The number of Topliss-reactive ketones (excluding diaryl/α,β-unsaturated/α-hetero) is 1. The zero-order valence-electron chi connectivity index (χ0n) is 6.51. The Bertz CT molecular complexity index is 148. The summed E-state index contributed by atoms with van der Waals surface area (Å²) in [7, 11) is 0. The summed E-state index contributed by atoms with van der Waals surface area (Å²) in [6.07, 6.45) is 3.14. The van der Waals surface area contributed by atoms with E-state index in [1.807, 2.05) is 0 Å². The molecular formula is C8H13NO2. The van der Waals surface area contributed by atoms with E-state index in [4.69, 9.17) is 0 Å². The van der Waals surface area contributed by atoms with Crippen molar-refractivity contribution in [1.29, 1.82) is 0 Å². The van der Waals surface area contributed by atoms with Crippen LogP contribution in [0.4, 0.5) is 0 Å². The van der Waals surface area contributed by atoms with Crippen molar-refractivity contribution in [2.24, 2.45) is 5.92 Å². The van der Waals surface area contributed by atoms with Crippen molar-refractivity contribution in [3.05, 3.63) is 0 Å². The first-order chi connectivity index (χ1) is 5.34. The summed E-state index contributed by atoms with van der Waals surface area (Å²) in [5.41, 5.74) is 0. The Balaban J connectivity index is 2.42. The van der Waals surface area contributed by atoms with Gasteiger partial charge in [-0.3, -0.25) is 9.59 Å². The van der Waals surface area contributed by atoms with Crippen LogP contribution in [0.1, 0.15) is 19.3 Å². The molecule has 1 aliphatic heterocycles. The van der Waals surface area contributed by atoms with E-state index in [1.165, 1.54) is 0 Å². The molecule has 0 aromatic carbocycles. The average molecular weight is 155 g/mol. The predicted octanol–water partition coefficient (Wildman–Crippen LogP) is 0.144. The molecule has 0 radical (unpaired) electrons. The quantitative estimate of drug-likeness (QED) is 0.456. The number of carbonyl (C=O) groups is 2. The lowest BCUT2D eigenvalue weighted by atomic mass is 9.97. The summed E-state index contributed by atoms with van der Waals surface area (Å²) >= 11 is 0. The maximum Gasteiger partial charge on any atom is 0.198 e. The molecule has 1 saturated heterocycles. The van der Waals surface area contributed by atoms with E-state index in [0.29, 0.717) is 6.29 Å². The SMILES string of the molecule is O=CC(=O)C1CCCNCC1. The number of hydrogen-bond acceptors (Lipinski definition) is 3. The van der Waals surface area contributed by atoms with Crippen LogP contribution in [0.2, 0.25) is 0 Å². The summed E-state index contributed by atoms with van der Waals surface area (Å²) in [5, 5.41) is 3.19. The van der Waals surface area contributed by atoms with Gasteiger partial charge in [-0.1, -0.05) is 0 Å². The molecule has 0 aromatic rings. The number of hydrogen-bond donors (Lipinski definition) is 1. The number of nitrogens with one attached hydrogen (secondary N) is 1. The van der Waals surface area contributed by atoms with E-state index in [2.05, 4.69) is 5.32 Å². The van der Waals surface area contributed by atoms with Gasteiger partial charge in [0.15, 0.2) is 12.1 Å². The molecule has 3 heteroatoms. The second kappa shape index (κ2) is 4.23. The van der Waals surface area contributed by atoms with Gasteiger partial charge >= 0.3 is 0 Å². The van der Waals surface area contributed by atoms with Crippen LogP contribution in [-0.2, 0) is 9.59 Å². The highest BCUT2D eigenvalue weighted by atomic mass is 16.2. The van der Waals surface area contributed by atoms with Gasteiger partial charge < -0.3 is 5.32 Å². The fourth-order valence-corrected chi connectivity index (χ4v) is 1.40. The fraction of sp³-hybridized carbons (Fsp3) is 0.750. The van der Waals surface area contributed by atoms with E-state index in [9.17, 15) is 9.59 Å². The van der Waals surface area contributed by atoms with Crippen LogP contribution in [-0.4, -0.2) is 25.2 Å². The number of rotatable bonds is 2. The van der Waals surface area contributed by atoms with Crippen molar-refractivity contribution < 1.29 is 9.59 Å². The standard InChI is InChI=1S/C8H13NO2/c10-6-8(11)7-2-1-4-9-5-3-7/h6-7,9H,1-5H2. The van der Waals surface area contributed by atoms with Crippen molar-refractivity contribution in [2.75, 3.05) is 13.1 Å². The molecule has 1 N–H and O–H groups in total. The van der Waals surface area contributed by atoms with Crippen LogP contribution >= 0.6 is 0 Å². The van der Waals surface area contributed by atoms with Crippen molar-refractivity contribution in [3.8, 4) is 0 Å². The largest absolute Gasteiger partial charge is 0.317 e. The Hall–Kier alpha value is -0.700. The van der Waals surface area contributed by atoms with Gasteiger partial charge in [-0.05, 0) is 32.4 Å². The molecule has 3 nitrogen and oxygen atoms in total. The lowest BCUT2D eigenvalue weighted by Crippen LogP contribution is -2.18. The van der Waals surface area contributed by atoms with Crippen LogP contribution in [0.15, 0.2) is 0 Å². The molecule has 62 valence electrons. The minimum absolute atomic E-state index is 0.0116. The molecule has 1 aliphatic rings. The summed E-state index contributed by atoms with van der Waals surface area (Å²) in [4.78, 5) is 21.1. The van der Waals surface area contributed by atoms with E-state index in [-0.39, 0.29) is 11.7 Å². The van der Waals surface area contributed by atoms with Gasteiger partial charge in [0.05, 0.1) is 0 Å². The highest BCUT2D eigenvalue weighted by molar-refractivity contribution is 6.25. The smallest absolute Gasteiger partial charge is 0.198 e. The molecule has 0 amide bonds. The Labute approximate surface area is 66.2 Å². The molecule has 0 saturated carbocycles. The predicted molar refractivity (Wildman–Crippen MR) is 41.3 cm³/mol. The van der Waals surface area contributed by atoms with Gasteiger partial charge in [0.25, 0.3) is 0 Å². The normalized spacial score (nSPS) is 25.6. The Morgan fingerprint density at radius 2 is 2.18 bits per heavy atom. The Morgan fingerprint density at radius 1 is 1.36 bits per heavy atom. The molecule has 0 bridgehead atoms. The van der Waals surface area contributed by atoms with Crippen LogP contribution in [0.3, 0.4) is 0 Å². The molecule has 1 fully saturated rings. The zero-order chi connectivity index (χ0) is 8.10. The maximum absolute atomic E-state index is 10.9. The summed E-state index contributed by atoms with van der Waals surface area (Å²) in [6.45, 7) is 1.84. The van der Waals surface area contributed by atoms with E-state index in [0.717, 1.165) is 32.4 Å². The molecule has 1 unspecified atom stereocenters. The summed E-state index contributed by atoms with van der Waals surface area (Å²) < 4.78 is 0. The fourth-order valence-electron chi connectivity index (χ4n) is 1.40. The molecule has 1 rings (SSSR count). The summed E-state index contributed by atoms with van der Waals surface area (Å²) in [5.74, 6) is -0.240. The Kier molecular flexibility index (Phi) is 3.23. The molecule has 0 aliphatic carbocycles. The van der Waals surface area contributed by atoms with Crippen molar-refractivity contribution in [1.82, 2.24) is 5.32 Å². The number of carbonyl (C=O) groups excluding carboxylic acids is 2. The lowest BCUT2D eigenvalue weighted by molar-refractivity contribution is -0.132. The monoisotopic (exact) mass is 155 g/mol. The zero-order valence-corrected chi connectivity index (χ0v) is 6.51. The van der Waals surface area contributed by atoms with Gasteiger partial charge in [-0.25, -0.2) is 0 Å². The third-order valence-corrected chi connectivity index (χ3v) is 2.09. The van der Waals surface area contributed by atoms with E-state index < -0.39 is 0 Å². The molecule has 1 heterocycles. The third kappa shape index (κ3) is 2.42. The average Bonchev–Trinajstić information content (AvgIpc) is 2.30. The number of ketones is 1. The van der Waals surface area contributed by atoms with Crippen LogP contribution in [0.5, 0.6) is 0 Å². The molecule has 11 heavy (non-hydrogen) atoms. The van der Waals surface area contributed by atoms with Crippen LogP contribution in [0, 0.1) is 5.92 Å². The first-order valence-corrected chi connectivity index (χ1v) is 4.04. The van der Waals surface area contributed by atoms with Crippen LogP contribution < -0.4 is 5.32 Å². The van der Waals surface area contributed by atoms with Gasteiger partial charge in [-0.15, -0.1) is 0 Å². The highest BCUT2D eigenvalue weighted by Gasteiger charge is 2.18. The topological polar surface area (TPSA) is 46.2 Å². The minimum atomic E-state index is -0.228. The molecule has 0 aromatic heterocycles. The lowest BCUT2D eigenvalue weighted by Gasteiger charge is -2.06. The second-order valence-electron chi connectivity index (χ2n) is 2.90. The van der Waals surface area contributed by atoms with Gasteiger partial charge in [0.2, 0.25) is 0 Å². The van der Waals surface area contributed by atoms with E-state index in [1.54, 1.807) is 0 Å². The highest BCUT2D eigenvalue weighted by Crippen LogP contribution is 2.13. The molecular weight excluding hydrogens is 142 g/mol. The maximum atomic E-state index is 10.9. The first kappa shape index (κ1) is 8.40. The van der Waals surface area contributed by atoms with E-state index >= 15 is 0 Å². The van der Waals surface area contributed by atoms with Gasteiger partial charge in [-0.2, -0.15) is 0 Å². The van der Waals surface area contributed by atoms with Crippen LogP contribution in [0.25, 0.3) is 0 Å². The second-order valence-corrected chi connectivity index (χ2v) is 2.90. The number of aldehydes is 1. The molecule has 1 atom stereocenters. The third-order valence-electron chi connectivity index (χ3n) is 2.09. The Morgan fingerprint density at radius 3 is 2.91 bits per heavy atom. The van der Waals surface area contributed by atoms with Gasteiger partial charge in [0.1, 0.15) is 0 Å². The van der Waals surface area contributed by atoms with Gasteiger partial charge in [0, 0.05) is 5.92 Å². The molecule has 0 spiro atoms. The minimum Gasteiger partial charge on any atom is -0.317 e. The van der Waals surface area contributed by atoms with Crippen molar-refractivity contribution >= 4 is 12.1 Å². The summed E-state index contributed by atoms with van der Waals surface area (Å²) in [6, 6.07) is 0. The van der Waals surface area contributed by atoms with Crippen molar-refractivity contribution in [2.45, 2.75) is 19.3 Å². The van der Waals surface area contributed by atoms with Crippen molar-refractivity contribution in [3.63, 3.8) is 0 Å². The first-order valence-electron chi connectivity index (χ1n) is 4.04.